The zero-order valence-corrected chi connectivity index (χ0v) is 15.5. The zero-order chi connectivity index (χ0) is 20.7. The van der Waals surface area contributed by atoms with Crippen LogP contribution in [0.2, 0.25) is 0 Å². The SMILES string of the molecule is CS(=O)(=O)CC(NC(=O)Nc1ccc(SC(F)(F)F)cc1)C(=O)NCC#N. The minimum absolute atomic E-state index is 0.0840. The van der Waals surface area contributed by atoms with Gasteiger partial charge in [0.2, 0.25) is 5.91 Å². The number of alkyl halides is 3. The second-order valence-corrected chi connectivity index (χ2v) is 8.51. The Labute approximate surface area is 157 Å². The van der Waals surface area contributed by atoms with E-state index < -0.39 is 39.1 Å². The van der Waals surface area contributed by atoms with Crippen molar-refractivity contribution in [3.63, 3.8) is 0 Å². The van der Waals surface area contributed by atoms with E-state index in [4.69, 9.17) is 5.26 Å². The van der Waals surface area contributed by atoms with Crippen molar-refractivity contribution in [1.82, 2.24) is 10.6 Å². The normalized spacial score (nSPS) is 12.6. The molecule has 0 aliphatic rings. The molecule has 0 bridgehead atoms. The number of urea groups is 1. The van der Waals surface area contributed by atoms with Gasteiger partial charge in [0.15, 0.2) is 0 Å². The van der Waals surface area contributed by atoms with E-state index in [1.165, 1.54) is 12.1 Å². The number of nitrogens with zero attached hydrogens (tertiary/aromatic N) is 1. The van der Waals surface area contributed by atoms with E-state index >= 15 is 0 Å². The number of sulfone groups is 1. The van der Waals surface area contributed by atoms with Crippen molar-refractivity contribution in [2.45, 2.75) is 16.4 Å². The Morgan fingerprint density at radius 3 is 2.33 bits per heavy atom. The van der Waals surface area contributed by atoms with Crippen LogP contribution in [0.4, 0.5) is 23.7 Å². The summed E-state index contributed by atoms with van der Waals surface area (Å²) in [6.07, 6.45) is 0.869. The van der Waals surface area contributed by atoms with Crippen molar-refractivity contribution in [3.05, 3.63) is 24.3 Å². The predicted molar refractivity (Wildman–Crippen MR) is 92.6 cm³/mol. The molecular formula is C14H15F3N4O4S2. The summed E-state index contributed by atoms with van der Waals surface area (Å²) in [5, 5.41) is 15.0. The van der Waals surface area contributed by atoms with Gasteiger partial charge >= 0.3 is 11.5 Å². The van der Waals surface area contributed by atoms with Crippen LogP contribution in [-0.4, -0.2) is 50.5 Å². The fraction of sp³-hybridized carbons (Fsp3) is 0.357. The van der Waals surface area contributed by atoms with Gasteiger partial charge in [-0.05, 0) is 36.0 Å². The molecule has 1 aromatic carbocycles. The molecule has 1 rings (SSSR count). The van der Waals surface area contributed by atoms with E-state index in [0.717, 1.165) is 18.4 Å². The number of amides is 3. The summed E-state index contributed by atoms with van der Waals surface area (Å²) in [6.45, 7) is -0.374. The predicted octanol–water partition coefficient (Wildman–Crippen LogP) is 1.47. The van der Waals surface area contributed by atoms with Crippen LogP contribution in [0.1, 0.15) is 0 Å². The van der Waals surface area contributed by atoms with Gasteiger partial charge in [0.05, 0.1) is 11.8 Å². The molecule has 27 heavy (non-hydrogen) atoms. The van der Waals surface area contributed by atoms with Crippen LogP contribution in [0.5, 0.6) is 0 Å². The highest BCUT2D eigenvalue weighted by molar-refractivity contribution is 8.00. The van der Waals surface area contributed by atoms with Crippen molar-refractivity contribution in [1.29, 1.82) is 5.26 Å². The second-order valence-electron chi connectivity index (χ2n) is 5.19. The van der Waals surface area contributed by atoms with Crippen LogP contribution >= 0.6 is 11.8 Å². The Morgan fingerprint density at radius 1 is 1.26 bits per heavy atom. The van der Waals surface area contributed by atoms with Crippen LogP contribution in [0, 0.1) is 11.3 Å². The van der Waals surface area contributed by atoms with E-state index in [1.807, 2.05) is 0 Å². The Morgan fingerprint density at radius 2 is 1.85 bits per heavy atom. The highest BCUT2D eigenvalue weighted by Crippen LogP contribution is 2.36. The van der Waals surface area contributed by atoms with E-state index in [1.54, 1.807) is 6.07 Å². The molecule has 1 unspecified atom stereocenters. The monoisotopic (exact) mass is 424 g/mol. The lowest BCUT2D eigenvalue weighted by Crippen LogP contribution is -2.51. The topological polar surface area (TPSA) is 128 Å². The summed E-state index contributed by atoms with van der Waals surface area (Å²) in [4.78, 5) is 23.7. The van der Waals surface area contributed by atoms with Gasteiger partial charge < -0.3 is 16.0 Å². The molecule has 3 N–H and O–H groups in total. The van der Waals surface area contributed by atoms with Gasteiger partial charge in [0.1, 0.15) is 22.4 Å². The Bertz CT molecular complexity index is 820. The van der Waals surface area contributed by atoms with Gasteiger partial charge in [0.25, 0.3) is 0 Å². The number of hydrogen-bond acceptors (Lipinski definition) is 6. The first-order valence-electron chi connectivity index (χ1n) is 7.15. The number of carbonyl (C=O) groups is 2. The minimum Gasteiger partial charge on any atom is -0.341 e. The average Bonchev–Trinajstić information content (AvgIpc) is 2.51. The first-order chi connectivity index (χ1) is 12.4. The maximum absolute atomic E-state index is 12.3. The molecule has 0 heterocycles. The molecule has 3 amide bonds. The van der Waals surface area contributed by atoms with Crippen molar-refractivity contribution in [2.75, 3.05) is 23.9 Å². The Balaban J connectivity index is 2.75. The molecule has 13 heteroatoms. The molecule has 0 saturated carbocycles. The Hall–Kier alpha value is -2.46. The van der Waals surface area contributed by atoms with Crippen molar-refractivity contribution < 1.29 is 31.2 Å². The lowest BCUT2D eigenvalue weighted by molar-refractivity contribution is -0.122. The van der Waals surface area contributed by atoms with Crippen LogP contribution in [-0.2, 0) is 14.6 Å². The van der Waals surface area contributed by atoms with Gasteiger partial charge in [0, 0.05) is 16.8 Å². The molecule has 8 nitrogen and oxygen atoms in total. The molecule has 0 fully saturated rings. The first kappa shape index (κ1) is 22.6. The molecule has 1 atom stereocenters. The number of hydrogen-bond donors (Lipinski definition) is 3. The molecule has 0 aromatic heterocycles. The molecule has 0 aliphatic carbocycles. The lowest BCUT2D eigenvalue weighted by Gasteiger charge is -2.17. The molecule has 0 radical (unpaired) electrons. The van der Waals surface area contributed by atoms with Crippen LogP contribution in [0.25, 0.3) is 0 Å². The summed E-state index contributed by atoms with van der Waals surface area (Å²) in [5.41, 5.74) is -4.31. The number of anilines is 1. The summed E-state index contributed by atoms with van der Waals surface area (Å²) < 4.78 is 59.6. The van der Waals surface area contributed by atoms with E-state index in [2.05, 4.69) is 16.0 Å². The zero-order valence-electron chi connectivity index (χ0n) is 13.8. The van der Waals surface area contributed by atoms with Gasteiger partial charge in [-0.3, -0.25) is 4.79 Å². The van der Waals surface area contributed by atoms with Crippen molar-refractivity contribution >= 4 is 39.2 Å². The molecule has 148 valence electrons. The van der Waals surface area contributed by atoms with Crippen molar-refractivity contribution in [3.8, 4) is 6.07 Å². The van der Waals surface area contributed by atoms with Crippen LogP contribution < -0.4 is 16.0 Å². The van der Waals surface area contributed by atoms with Gasteiger partial charge in [-0.15, -0.1) is 0 Å². The summed E-state index contributed by atoms with van der Waals surface area (Å²) in [6, 6.07) is 3.97. The number of thioether (sulfide) groups is 1. The maximum Gasteiger partial charge on any atom is 0.446 e. The fourth-order valence-corrected chi connectivity index (χ4v) is 3.18. The van der Waals surface area contributed by atoms with E-state index in [-0.39, 0.29) is 28.9 Å². The molecule has 0 saturated heterocycles. The number of nitriles is 1. The Kier molecular flexibility index (Phi) is 7.92. The van der Waals surface area contributed by atoms with Crippen LogP contribution in [0.3, 0.4) is 0 Å². The molecule has 0 spiro atoms. The number of carbonyl (C=O) groups excluding carboxylic acids is 2. The van der Waals surface area contributed by atoms with Crippen molar-refractivity contribution in [2.24, 2.45) is 0 Å². The lowest BCUT2D eigenvalue weighted by atomic mass is 10.3. The third-order valence-electron chi connectivity index (χ3n) is 2.78. The molecule has 1 aromatic rings. The van der Waals surface area contributed by atoms with Gasteiger partial charge in [-0.1, -0.05) is 0 Å². The smallest absolute Gasteiger partial charge is 0.341 e. The number of rotatable bonds is 7. The van der Waals surface area contributed by atoms with E-state index in [9.17, 15) is 31.2 Å². The standard InChI is InChI=1S/C14H15F3N4O4S2/c1-27(24,25)8-11(12(22)19-7-6-18)21-13(23)20-9-2-4-10(5-3-9)26-14(15,16)17/h2-5,11H,7-8H2,1H3,(H,19,22)(H2,20,21,23). The number of halogens is 3. The van der Waals surface area contributed by atoms with Gasteiger partial charge in [-0.25, -0.2) is 13.2 Å². The van der Waals surface area contributed by atoms with Gasteiger partial charge in [-0.2, -0.15) is 18.4 Å². The second kappa shape index (κ2) is 9.47. The highest BCUT2D eigenvalue weighted by Gasteiger charge is 2.29. The fourth-order valence-electron chi connectivity index (χ4n) is 1.80. The third kappa shape index (κ3) is 9.71. The maximum atomic E-state index is 12.3. The number of nitrogens with one attached hydrogen (secondary N) is 3. The summed E-state index contributed by atoms with van der Waals surface area (Å²) in [7, 11) is -3.63. The third-order valence-corrected chi connectivity index (χ3v) is 4.46. The number of benzene rings is 1. The quantitative estimate of drug-likeness (QED) is 0.449. The molecular weight excluding hydrogens is 409 g/mol. The minimum atomic E-state index is -4.44. The highest BCUT2D eigenvalue weighted by atomic mass is 32.2. The largest absolute Gasteiger partial charge is 0.446 e. The summed E-state index contributed by atoms with van der Waals surface area (Å²) in [5.74, 6) is -1.56. The average molecular weight is 424 g/mol. The first-order valence-corrected chi connectivity index (χ1v) is 10.0. The van der Waals surface area contributed by atoms with E-state index in [0.29, 0.717) is 0 Å². The summed E-state index contributed by atoms with van der Waals surface area (Å²) >= 11 is -0.317. The molecule has 0 aliphatic heterocycles. The van der Waals surface area contributed by atoms with Crippen LogP contribution in [0.15, 0.2) is 29.2 Å².